The fraction of sp³-hybridized carbons (Fsp3) is 0.333. The number of amides is 1. The SMILES string of the molecule is COc1ccc(/C=C/C(=O)N(CCN2CCOCC2)c2nc3c(F)cccc3s2)cc1OC.Cl. The van der Waals surface area contributed by atoms with E-state index < -0.39 is 5.82 Å². The van der Waals surface area contributed by atoms with Crippen LogP contribution >= 0.6 is 23.7 Å². The van der Waals surface area contributed by atoms with Crippen molar-refractivity contribution in [2.45, 2.75) is 0 Å². The number of carbonyl (C=O) groups is 1. The van der Waals surface area contributed by atoms with Gasteiger partial charge in [0.05, 0.1) is 32.1 Å². The van der Waals surface area contributed by atoms with Crippen LogP contribution < -0.4 is 14.4 Å². The lowest BCUT2D eigenvalue weighted by molar-refractivity contribution is -0.114. The Morgan fingerprint density at radius 2 is 1.97 bits per heavy atom. The molecule has 1 amide bonds. The summed E-state index contributed by atoms with van der Waals surface area (Å²) in [5.74, 6) is 0.580. The van der Waals surface area contributed by atoms with Gasteiger partial charge in [-0.2, -0.15) is 0 Å². The van der Waals surface area contributed by atoms with Crippen LogP contribution in [-0.4, -0.2) is 69.4 Å². The second-order valence-electron chi connectivity index (χ2n) is 7.47. The fourth-order valence-electron chi connectivity index (χ4n) is 3.60. The summed E-state index contributed by atoms with van der Waals surface area (Å²) in [5, 5.41) is 0.477. The third kappa shape index (κ3) is 6.04. The highest BCUT2D eigenvalue weighted by atomic mass is 35.5. The summed E-state index contributed by atoms with van der Waals surface area (Å²) in [6.45, 7) is 4.11. The highest BCUT2D eigenvalue weighted by Gasteiger charge is 2.21. The van der Waals surface area contributed by atoms with Gasteiger partial charge in [0.25, 0.3) is 5.91 Å². The quantitative estimate of drug-likeness (QED) is 0.425. The minimum Gasteiger partial charge on any atom is -0.493 e. The normalized spacial score (nSPS) is 14.2. The van der Waals surface area contributed by atoms with E-state index in [4.69, 9.17) is 14.2 Å². The van der Waals surface area contributed by atoms with Crippen LogP contribution in [0.2, 0.25) is 0 Å². The van der Waals surface area contributed by atoms with Crippen molar-refractivity contribution in [1.82, 2.24) is 9.88 Å². The number of hydrogen-bond acceptors (Lipinski definition) is 7. The highest BCUT2D eigenvalue weighted by Crippen LogP contribution is 2.31. The third-order valence-electron chi connectivity index (χ3n) is 5.42. The van der Waals surface area contributed by atoms with Crippen molar-refractivity contribution < 1.29 is 23.4 Å². The summed E-state index contributed by atoms with van der Waals surface area (Å²) in [7, 11) is 3.14. The maximum atomic E-state index is 14.2. The number of nitrogens with zero attached hydrogens (tertiary/aromatic N) is 3. The second-order valence-corrected chi connectivity index (χ2v) is 8.48. The molecule has 0 aliphatic carbocycles. The number of aromatic nitrogens is 1. The Hall–Kier alpha value is -2.72. The Balaban J connectivity index is 0.00000324. The average molecular weight is 508 g/mol. The predicted molar refractivity (Wildman–Crippen MR) is 135 cm³/mol. The van der Waals surface area contributed by atoms with Crippen LogP contribution in [0.5, 0.6) is 11.5 Å². The predicted octanol–water partition coefficient (Wildman–Crippen LogP) is 4.25. The number of anilines is 1. The summed E-state index contributed by atoms with van der Waals surface area (Å²) in [6, 6.07) is 10.3. The summed E-state index contributed by atoms with van der Waals surface area (Å²) >= 11 is 1.31. The molecule has 1 fully saturated rings. The molecule has 0 saturated carbocycles. The number of fused-ring (bicyclic) bond motifs is 1. The van der Waals surface area contributed by atoms with Gasteiger partial charge in [-0.05, 0) is 35.9 Å². The highest BCUT2D eigenvalue weighted by molar-refractivity contribution is 7.22. The minimum atomic E-state index is -0.392. The van der Waals surface area contributed by atoms with E-state index in [0.29, 0.717) is 47.6 Å². The molecule has 34 heavy (non-hydrogen) atoms. The van der Waals surface area contributed by atoms with Gasteiger partial charge in [-0.3, -0.25) is 14.6 Å². The van der Waals surface area contributed by atoms with Gasteiger partial charge in [0, 0.05) is 32.3 Å². The molecule has 2 aromatic carbocycles. The standard InChI is InChI=1S/C24H26FN3O4S.ClH/c1-30-19-8-6-17(16-20(19)31-2)7-9-22(29)28(11-10-27-12-14-32-15-13-27)24-26-23-18(25)4-3-5-21(23)33-24;/h3-9,16H,10-15H2,1-2H3;1H/b9-7+;. The molecule has 3 aromatic rings. The number of morpholine rings is 1. The van der Waals surface area contributed by atoms with Crippen molar-refractivity contribution >= 4 is 51.1 Å². The molecular formula is C24H27ClFN3O4S. The van der Waals surface area contributed by atoms with Crippen LogP contribution in [0.15, 0.2) is 42.5 Å². The molecule has 4 rings (SSSR count). The van der Waals surface area contributed by atoms with Crippen molar-refractivity contribution in [2.75, 3.05) is 58.5 Å². The van der Waals surface area contributed by atoms with Crippen molar-refractivity contribution in [1.29, 1.82) is 0 Å². The van der Waals surface area contributed by atoms with Gasteiger partial charge in [-0.15, -0.1) is 12.4 Å². The Bertz CT molecular complexity index is 1150. The Labute approximate surface area is 208 Å². The molecule has 2 heterocycles. The minimum absolute atomic E-state index is 0. The molecule has 1 aliphatic rings. The van der Waals surface area contributed by atoms with E-state index in [9.17, 15) is 9.18 Å². The van der Waals surface area contributed by atoms with Crippen molar-refractivity contribution in [3.8, 4) is 11.5 Å². The number of rotatable bonds is 8. The van der Waals surface area contributed by atoms with Gasteiger partial charge >= 0.3 is 0 Å². The average Bonchev–Trinajstić information content (AvgIpc) is 3.28. The molecule has 0 bridgehead atoms. The topological polar surface area (TPSA) is 64.1 Å². The zero-order chi connectivity index (χ0) is 23.2. The number of methoxy groups -OCH3 is 2. The van der Waals surface area contributed by atoms with Crippen molar-refractivity contribution in [3.05, 3.63) is 53.9 Å². The summed E-state index contributed by atoms with van der Waals surface area (Å²) < 4.78 is 30.9. The number of para-hydroxylation sites is 1. The van der Waals surface area contributed by atoms with E-state index in [0.717, 1.165) is 18.7 Å². The number of ether oxygens (including phenoxy) is 3. The molecule has 0 spiro atoms. The molecule has 10 heteroatoms. The molecule has 0 unspecified atom stereocenters. The molecule has 0 N–H and O–H groups in total. The smallest absolute Gasteiger partial charge is 0.252 e. The first-order valence-corrected chi connectivity index (χ1v) is 11.5. The van der Waals surface area contributed by atoms with Crippen LogP contribution in [0.4, 0.5) is 9.52 Å². The number of halogens is 2. The molecule has 7 nitrogen and oxygen atoms in total. The first-order valence-electron chi connectivity index (χ1n) is 10.7. The van der Waals surface area contributed by atoms with E-state index in [1.165, 1.54) is 23.5 Å². The number of hydrogen-bond donors (Lipinski definition) is 0. The van der Waals surface area contributed by atoms with Gasteiger partial charge in [0.1, 0.15) is 11.3 Å². The molecule has 0 radical (unpaired) electrons. The van der Waals surface area contributed by atoms with E-state index >= 15 is 0 Å². The Kier molecular flexibility index (Phi) is 9.23. The van der Waals surface area contributed by atoms with Crippen LogP contribution in [-0.2, 0) is 9.53 Å². The van der Waals surface area contributed by atoms with Crippen LogP contribution in [0, 0.1) is 5.82 Å². The zero-order valence-corrected chi connectivity index (χ0v) is 20.7. The summed E-state index contributed by atoms with van der Waals surface area (Å²) in [4.78, 5) is 21.5. The Morgan fingerprint density at radius 3 is 2.68 bits per heavy atom. The van der Waals surface area contributed by atoms with E-state index in [1.807, 2.05) is 12.1 Å². The van der Waals surface area contributed by atoms with Crippen LogP contribution in [0.1, 0.15) is 5.56 Å². The molecule has 182 valence electrons. The first kappa shape index (κ1) is 25.9. The number of benzene rings is 2. The van der Waals surface area contributed by atoms with Crippen molar-refractivity contribution in [3.63, 3.8) is 0 Å². The van der Waals surface area contributed by atoms with Crippen LogP contribution in [0.3, 0.4) is 0 Å². The molecule has 1 aromatic heterocycles. The lowest BCUT2D eigenvalue weighted by atomic mass is 10.2. The summed E-state index contributed by atoms with van der Waals surface area (Å²) in [5.41, 5.74) is 1.08. The van der Waals surface area contributed by atoms with E-state index in [2.05, 4.69) is 9.88 Å². The number of thiazole rings is 1. The summed E-state index contributed by atoms with van der Waals surface area (Å²) in [6.07, 6.45) is 3.23. The lowest BCUT2D eigenvalue weighted by Gasteiger charge is -2.28. The Morgan fingerprint density at radius 1 is 1.21 bits per heavy atom. The molecule has 1 aliphatic heterocycles. The maximum Gasteiger partial charge on any atom is 0.252 e. The lowest BCUT2D eigenvalue weighted by Crippen LogP contribution is -2.42. The fourth-order valence-corrected chi connectivity index (χ4v) is 4.61. The van der Waals surface area contributed by atoms with Crippen molar-refractivity contribution in [2.24, 2.45) is 0 Å². The first-order chi connectivity index (χ1) is 16.1. The monoisotopic (exact) mass is 507 g/mol. The van der Waals surface area contributed by atoms with E-state index in [1.54, 1.807) is 43.4 Å². The van der Waals surface area contributed by atoms with Gasteiger partial charge in [0.2, 0.25) is 0 Å². The number of carbonyl (C=O) groups excluding carboxylic acids is 1. The molecular weight excluding hydrogens is 481 g/mol. The van der Waals surface area contributed by atoms with Gasteiger partial charge in [-0.1, -0.05) is 23.5 Å². The van der Waals surface area contributed by atoms with Gasteiger partial charge in [0.15, 0.2) is 16.6 Å². The maximum absolute atomic E-state index is 14.2. The largest absolute Gasteiger partial charge is 0.493 e. The zero-order valence-electron chi connectivity index (χ0n) is 19.0. The second kappa shape index (κ2) is 12.1. The van der Waals surface area contributed by atoms with E-state index in [-0.39, 0.29) is 23.8 Å². The van der Waals surface area contributed by atoms with Gasteiger partial charge in [-0.25, -0.2) is 9.37 Å². The van der Waals surface area contributed by atoms with Crippen LogP contribution in [0.25, 0.3) is 16.3 Å². The molecule has 1 saturated heterocycles. The van der Waals surface area contributed by atoms with Gasteiger partial charge < -0.3 is 14.2 Å². The molecule has 0 atom stereocenters. The third-order valence-corrected chi connectivity index (χ3v) is 6.47.